The van der Waals surface area contributed by atoms with E-state index < -0.39 is 0 Å². The quantitative estimate of drug-likeness (QED) is 0.741. The first-order valence-electron chi connectivity index (χ1n) is 5.66. The average molecular weight is 215 g/mol. The van der Waals surface area contributed by atoms with E-state index in [1.165, 1.54) is 0 Å². The van der Waals surface area contributed by atoms with Crippen molar-refractivity contribution in [1.29, 1.82) is 0 Å². The van der Waals surface area contributed by atoms with Crippen molar-refractivity contribution < 1.29 is 0 Å². The molecule has 0 amide bonds. The minimum atomic E-state index is 1.16. The van der Waals surface area contributed by atoms with E-state index in [9.17, 15) is 0 Å². The molecule has 0 radical (unpaired) electrons. The maximum atomic E-state index is 3.03. The van der Waals surface area contributed by atoms with Gasteiger partial charge in [-0.15, -0.1) is 0 Å². The zero-order valence-electron chi connectivity index (χ0n) is 10.4. The second kappa shape index (κ2) is 11.3. The molecule has 0 heterocycles. The van der Waals surface area contributed by atoms with Gasteiger partial charge in [-0.25, -0.2) is 0 Å². The van der Waals surface area contributed by atoms with Crippen LogP contribution in [0, 0.1) is 0 Å². The predicted molar refractivity (Wildman–Crippen MR) is 73.8 cm³/mol. The van der Waals surface area contributed by atoms with Crippen LogP contribution in [0.3, 0.4) is 0 Å². The Morgan fingerprint density at radius 2 is 0.938 bits per heavy atom. The number of para-hydroxylation sites is 1. The summed E-state index contributed by atoms with van der Waals surface area (Å²) < 4.78 is 0. The number of hydrogen-bond donors (Lipinski definition) is 1. The van der Waals surface area contributed by atoms with Crippen molar-refractivity contribution in [2.24, 2.45) is 0 Å². The topological polar surface area (TPSA) is 12.0 Å². The highest BCUT2D eigenvalue weighted by molar-refractivity contribution is 5.41. The highest BCUT2D eigenvalue weighted by Gasteiger charge is 1.77. The van der Waals surface area contributed by atoms with E-state index in [4.69, 9.17) is 0 Å². The van der Waals surface area contributed by atoms with Crippen LogP contribution in [0.5, 0.6) is 0 Å². The SMILES string of the molecule is CC.CNc1ccccc1.c1ccccc1. The molecule has 0 fully saturated rings. The molecule has 0 aliphatic carbocycles. The first-order chi connectivity index (χ1) is 7.93. The Kier molecular flexibility index (Phi) is 10.1. The van der Waals surface area contributed by atoms with Gasteiger partial charge in [0.1, 0.15) is 0 Å². The summed E-state index contributed by atoms with van der Waals surface area (Å²) in [5, 5.41) is 3.03. The van der Waals surface area contributed by atoms with Gasteiger partial charge in [0.25, 0.3) is 0 Å². The molecule has 86 valence electrons. The lowest BCUT2D eigenvalue weighted by Crippen LogP contribution is -1.84. The molecule has 16 heavy (non-hydrogen) atoms. The van der Waals surface area contributed by atoms with Gasteiger partial charge in [0.15, 0.2) is 0 Å². The van der Waals surface area contributed by atoms with Crippen LogP contribution in [0.2, 0.25) is 0 Å². The Morgan fingerprint density at radius 1 is 0.625 bits per heavy atom. The summed E-state index contributed by atoms with van der Waals surface area (Å²) in [6.07, 6.45) is 0. The van der Waals surface area contributed by atoms with Crippen molar-refractivity contribution in [3.63, 3.8) is 0 Å². The minimum absolute atomic E-state index is 1.16. The second-order valence-electron chi connectivity index (χ2n) is 2.77. The molecule has 0 aliphatic rings. The molecule has 0 atom stereocenters. The molecule has 1 nitrogen and oxygen atoms in total. The summed E-state index contributed by atoms with van der Waals surface area (Å²) in [5.41, 5.74) is 1.16. The standard InChI is InChI=1S/C7H9N.C6H6.C2H6/c1-8-7-5-3-2-4-6-7;1-2-4-6-5-3-1;1-2/h2-6,8H,1H3;1-6H;1-2H3. The summed E-state index contributed by atoms with van der Waals surface area (Å²) in [5.74, 6) is 0. The van der Waals surface area contributed by atoms with Crippen LogP contribution in [0.4, 0.5) is 5.69 Å². The lowest BCUT2D eigenvalue weighted by molar-refractivity contribution is 1.50. The van der Waals surface area contributed by atoms with Gasteiger partial charge >= 0.3 is 0 Å². The molecular weight excluding hydrogens is 194 g/mol. The summed E-state index contributed by atoms with van der Waals surface area (Å²) in [4.78, 5) is 0. The lowest BCUT2D eigenvalue weighted by atomic mass is 10.3. The van der Waals surface area contributed by atoms with Crippen molar-refractivity contribution in [2.45, 2.75) is 13.8 Å². The first kappa shape index (κ1) is 14.2. The van der Waals surface area contributed by atoms with E-state index in [2.05, 4.69) is 5.32 Å². The Morgan fingerprint density at radius 3 is 1.19 bits per heavy atom. The van der Waals surface area contributed by atoms with Crippen molar-refractivity contribution in [3.8, 4) is 0 Å². The summed E-state index contributed by atoms with van der Waals surface area (Å²) in [7, 11) is 1.91. The molecule has 0 unspecified atom stereocenters. The van der Waals surface area contributed by atoms with Gasteiger partial charge in [-0.1, -0.05) is 68.4 Å². The van der Waals surface area contributed by atoms with Crippen LogP contribution >= 0.6 is 0 Å². The molecule has 1 N–H and O–H groups in total. The number of benzene rings is 2. The van der Waals surface area contributed by atoms with E-state index in [1.54, 1.807) is 0 Å². The van der Waals surface area contributed by atoms with Gasteiger partial charge in [0, 0.05) is 12.7 Å². The van der Waals surface area contributed by atoms with Crippen molar-refractivity contribution in [3.05, 3.63) is 66.7 Å². The highest BCUT2D eigenvalue weighted by atomic mass is 14.8. The zero-order valence-corrected chi connectivity index (χ0v) is 10.4. The molecular formula is C15H21N. The summed E-state index contributed by atoms with van der Waals surface area (Å²) in [6.45, 7) is 4.00. The summed E-state index contributed by atoms with van der Waals surface area (Å²) >= 11 is 0. The van der Waals surface area contributed by atoms with Gasteiger partial charge in [-0.05, 0) is 12.1 Å². The third-order valence-corrected chi connectivity index (χ3v) is 1.73. The van der Waals surface area contributed by atoms with Crippen molar-refractivity contribution in [1.82, 2.24) is 0 Å². The normalized spacial score (nSPS) is 7.69. The summed E-state index contributed by atoms with van der Waals surface area (Å²) in [6, 6.07) is 22.1. The van der Waals surface area contributed by atoms with E-state index in [0.29, 0.717) is 0 Å². The minimum Gasteiger partial charge on any atom is -0.388 e. The second-order valence-corrected chi connectivity index (χ2v) is 2.77. The Balaban J connectivity index is 0.000000251. The Hall–Kier alpha value is -1.76. The monoisotopic (exact) mass is 215 g/mol. The smallest absolute Gasteiger partial charge is 0.0337 e. The van der Waals surface area contributed by atoms with Crippen LogP contribution in [-0.2, 0) is 0 Å². The lowest BCUT2D eigenvalue weighted by Gasteiger charge is -1.94. The maximum Gasteiger partial charge on any atom is 0.0337 e. The maximum absolute atomic E-state index is 3.03. The van der Waals surface area contributed by atoms with Crippen LogP contribution in [0.25, 0.3) is 0 Å². The fourth-order valence-corrected chi connectivity index (χ4v) is 0.990. The molecule has 2 aromatic carbocycles. The Bertz CT molecular complexity index is 289. The highest BCUT2D eigenvalue weighted by Crippen LogP contribution is 2.01. The van der Waals surface area contributed by atoms with E-state index in [0.717, 1.165) is 5.69 Å². The molecule has 2 rings (SSSR count). The fourth-order valence-electron chi connectivity index (χ4n) is 0.990. The van der Waals surface area contributed by atoms with Crippen LogP contribution in [0.15, 0.2) is 66.7 Å². The predicted octanol–water partition coefficient (Wildman–Crippen LogP) is 4.44. The number of nitrogens with one attached hydrogen (secondary N) is 1. The van der Waals surface area contributed by atoms with Crippen molar-refractivity contribution >= 4 is 5.69 Å². The average Bonchev–Trinajstić information content (AvgIpc) is 2.44. The van der Waals surface area contributed by atoms with Gasteiger partial charge in [0.05, 0.1) is 0 Å². The molecule has 0 bridgehead atoms. The third-order valence-electron chi connectivity index (χ3n) is 1.73. The van der Waals surface area contributed by atoms with Gasteiger partial charge < -0.3 is 5.32 Å². The number of anilines is 1. The third kappa shape index (κ3) is 7.63. The molecule has 1 heteroatoms. The van der Waals surface area contributed by atoms with E-state index in [1.807, 2.05) is 87.6 Å². The zero-order chi connectivity index (χ0) is 12.1. The largest absolute Gasteiger partial charge is 0.388 e. The first-order valence-corrected chi connectivity index (χ1v) is 5.66. The Labute approximate surface area is 99.1 Å². The van der Waals surface area contributed by atoms with Gasteiger partial charge in [-0.2, -0.15) is 0 Å². The fraction of sp³-hybridized carbons (Fsp3) is 0.200. The van der Waals surface area contributed by atoms with E-state index >= 15 is 0 Å². The molecule has 2 aromatic rings. The molecule has 0 spiro atoms. The van der Waals surface area contributed by atoms with Crippen LogP contribution < -0.4 is 5.32 Å². The van der Waals surface area contributed by atoms with Crippen molar-refractivity contribution in [2.75, 3.05) is 12.4 Å². The molecule has 0 saturated heterocycles. The molecule has 0 saturated carbocycles. The van der Waals surface area contributed by atoms with Gasteiger partial charge in [0.2, 0.25) is 0 Å². The molecule has 0 aromatic heterocycles. The van der Waals surface area contributed by atoms with Crippen LogP contribution in [0.1, 0.15) is 13.8 Å². The van der Waals surface area contributed by atoms with Crippen LogP contribution in [-0.4, -0.2) is 7.05 Å². The van der Waals surface area contributed by atoms with E-state index in [-0.39, 0.29) is 0 Å². The number of rotatable bonds is 1. The molecule has 0 aliphatic heterocycles. The number of hydrogen-bond acceptors (Lipinski definition) is 1. The van der Waals surface area contributed by atoms with Gasteiger partial charge in [-0.3, -0.25) is 0 Å².